The number of hydrogen-bond acceptors (Lipinski definition) is 3. The normalized spacial score (nSPS) is 8.00. The second kappa shape index (κ2) is 5.78. The fourth-order valence-corrected chi connectivity index (χ4v) is 0.877. The van der Waals surface area contributed by atoms with Crippen molar-refractivity contribution >= 4 is 34.7 Å². The van der Waals surface area contributed by atoms with Crippen LogP contribution in [0.3, 0.4) is 0 Å². The van der Waals surface area contributed by atoms with Gasteiger partial charge in [-0.05, 0) is 0 Å². The fraction of sp³-hybridized carbons (Fsp3) is 0.200. The lowest BCUT2D eigenvalue weighted by Gasteiger charge is -1.94. The van der Waals surface area contributed by atoms with Crippen LogP contribution in [0.25, 0.3) is 0 Å². The van der Waals surface area contributed by atoms with E-state index in [4.69, 9.17) is 12.2 Å². The van der Waals surface area contributed by atoms with Gasteiger partial charge < -0.3 is 5.32 Å². The molecule has 0 heterocycles. The number of carbonyl (C=O) groups is 1. The van der Waals surface area contributed by atoms with E-state index < -0.39 is 0 Å². The summed E-state index contributed by atoms with van der Waals surface area (Å²) in [5.41, 5.74) is 0. The Labute approximate surface area is 63.7 Å². The molecular formula is C5H7NOS2. The summed E-state index contributed by atoms with van der Waals surface area (Å²) in [6.07, 6.45) is 2.29. The number of thiocarbonyl (C=S) groups is 1. The van der Waals surface area contributed by atoms with Crippen molar-refractivity contribution < 1.29 is 4.79 Å². The highest BCUT2D eigenvalue weighted by Crippen LogP contribution is 1.99. The molecule has 0 aromatic rings. The third-order valence-electron chi connectivity index (χ3n) is 0.509. The molecule has 0 atom stereocenters. The van der Waals surface area contributed by atoms with Crippen molar-refractivity contribution in [2.45, 2.75) is 0 Å². The van der Waals surface area contributed by atoms with Crippen LogP contribution in [-0.4, -0.2) is 16.5 Å². The van der Waals surface area contributed by atoms with Crippen LogP contribution in [0.1, 0.15) is 0 Å². The van der Waals surface area contributed by atoms with Gasteiger partial charge in [-0.3, -0.25) is 4.79 Å². The van der Waals surface area contributed by atoms with Crippen LogP contribution in [-0.2, 0) is 4.79 Å². The summed E-state index contributed by atoms with van der Waals surface area (Å²) in [6, 6.07) is 0. The van der Waals surface area contributed by atoms with Crippen molar-refractivity contribution in [3.8, 4) is 0 Å². The van der Waals surface area contributed by atoms with E-state index in [9.17, 15) is 4.79 Å². The zero-order valence-electron chi connectivity index (χ0n) is 4.79. The van der Waals surface area contributed by atoms with E-state index in [1.54, 1.807) is 6.08 Å². The summed E-state index contributed by atoms with van der Waals surface area (Å²) >= 11 is 6.06. The van der Waals surface area contributed by atoms with Gasteiger partial charge in [-0.15, -0.1) is 6.58 Å². The Kier molecular flexibility index (Phi) is 5.56. The zero-order chi connectivity index (χ0) is 7.11. The second-order valence-corrected chi connectivity index (χ2v) is 2.85. The number of nitrogens with one attached hydrogen (secondary N) is 1. The van der Waals surface area contributed by atoms with E-state index in [2.05, 4.69) is 11.9 Å². The van der Waals surface area contributed by atoms with Crippen LogP contribution in [0.4, 0.5) is 0 Å². The SMILES string of the molecule is C=CCSC(=S)NC=O. The molecule has 0 unspecified atom stereocenters. The molecule has 0 aromatic heterocycles. The Morgan fingerprint density at radius 1 is 1.89 bits per heavy atom. The highest BCUT2D eigenvalue weighted by Gasteiger charge is 1.89. The highest BCUT2D eigenvalue weighted by molar-refractivity contribution is 8.23. The van der Waals surface area contributed by atoms with Crippen LogP contribution < -0.4 is 5.32 Å². The molecule has 0 fully saturated rings. The first-order valence-corrected chi connectivity index (χ1v) is 3.68. The van der Waals surface area contributed by atoms with E-state index in [1.165, 1.54) is 11.8 Å². The minimum Gasteiger partial charge on any atom is -0.314 e. The lowest BCUT2D eigenvalue weighted by molar-refractivity contribution is -0.108. The van der Waals surface area contributed by atoms with E-state index in [-0.39, 0.29) is 0 Å². The molecule has 50 valence electrons. The Balaban J connectivity index is 3.26. The second-order valence-electron chi connectivity index (χ2n) is 1.15. The smallest absolute Gasteiger partial charge is 0.212 e. The maximum absolute atomic E-state index is 9.74. The van der Waals surface area contributed by atoms with Gasteiger partial charge in [0.2, 0.25) is 6.41 Å². The predicted molar refractivity (Wildman–Crippen MR) is 44.5 cm³/mol. The molecule has 0 rings (SSSR count). The summed E-state index contributed by atoms with van der Waals surface area (Å²) in [5, 5.41) is 2.35. The molecule has 0 aliphatic rings. The molecule has 0 spiro atoms. The lowest BCUT2D eigenvalue weighted by Crippen LogP contribution is -2.15. The van der Waals surface area contributed by atoms with Gasteiger partial charge in [0, 0.05) is 5.75 Å². The fourth-order valence-electron chi connectivity index (χ4n) is 0.224. The molecular weight excluding hydrogens is 154 g/mol. The first-order chi connectivity index (χ1) is 4.31. The largest absolute Gasteiger partial charge is 0.314 e. The van der Waals surface area contributed by atoms with Crippen molar-refractivity contribution in [2.24, 2.45) is 0 Å². The first kappa shape index (κ1) is 8.65. The van der Waals surface area contributed by atoms with Gasteiger partial charge in [-0.25, -0.2) is 0 Å². The molecule has 2 nitrogen and oxygen atoms in total. The Morgan fingerprint density at radius 3 is 3.00 bits per heavy atom. The number of carbonyl (C=O) groups excluding carboxylic acids is 1. The topological polar surface area (TPSA) is 29.1 Å². The molecule has 1 amide bonds. The summed E-state index contributed by atoms with van der Waals surface area (Å²) in [6.45, 7) is 3.50. The van der Waals surface area contributed by atoms with Crippen LogP contribution in [0.2, 0.25) is 0 Å². The molecule has 0 aliphatic heterocycles. The quantitative estimate of drug-likeness (QED) is 0.379. The number of hydrogen-bond donors (Lipinski definition) is 1. The summed E-state index contributed by atoms with van der Waals surface area (Å²) < 4.78 is 0.491. The van der Waals surface area contributed by atoms with Gasteiger partial charge in [0.05, 0.1) is 0 Å². The third kappa shape index (κ3) is 5.52. The molecule has 0 saturated carbocycles. The van der Waals surface area contributed by atoms with Crippen molar-refractivity contribution in [3.63, 3.8) is 0 Å². The van der Waals surface area contributed by atoms with Crippen LogP contribution in [0, 0.1) is 0 Å². The summed E-state index contributed by atoms with van der Waals surface area (Å²) in [4.78, 5) is 9.74. The minimum atomic E-state index is 0.491. The Morgan fingerprint density at radius 2 is 2.56 bits per heavy atom. The molecule has 1 N–H and O–H groups in total. The molecule has 0 radical (unpaired) electrons. The van der Waals surface area contributed by atoms with Gasteiger partial charge >= 0.3 is 0 Å². The van der Waals surface area contributed by atoms with Crippen molar-refractivity contribution in [2.75, 3.05) is 5.75 Å². The summed E-state index contributed by atoms with van der Waals surface area (Å²) in [7, 11) is 0. The van der Waals surface area contributed by atoms with Crippen molar-refractivity contribution in [1.29, 1.82) is 0 Å². The van der Waals surface area contributed by atoms with Crippen LogP contribution in [0.5, 0.6) is 0 Å². The van der Waals surface area contributed by atoms with Gasteiger partial charge in [0.15, 0.2) is 0 Å². The van der Waals surface area contributed by atoms with Crippen molar-refractivity contribution in [1.82, 2.24) is 5.32 Å². The van der Waals surface area contributed by atoms with E-state index in [0.717, 1.165) is 5.75 Å². The number of rotatable bonds is 3. The van der Waals surface area contributed by atoms with Gasteiger partial charge in [-0.1, -0.05) is 30.1 Å². The predicted octanol–water partition coefficient (Wildman–Crippen LogP) is 0.936. The molecule has 0 aliphatic carbocycles. The number of amides is 1. The van der Waals surface area contributed by atoms with Crippen molar-refractivity contribution in [3.05, 3.63) is 12.7 Å². The highest BCUT2D eigenvalue weighted by atomic mass is 32.2. The molecule has 4 heteroatoms. The maximum atomic E-state index is 9.74. The maximum Gasteiger partial charge on any atom is 0.212 e. The number of thioether (sulfide) groups is 1. The minimum absolute atomic E-state index is 0.491. The van der Waals surface area contributed by atoms with E-state index in [0.29, 0.717) is 10.7 Å². The van der Waals surface area contributed by atoms with E-state index in [1.807, 2.05) is 0 Å². The average Bonchev–Trinajstić information content (AvgIpc) is 1.85. The molecule has 9 heavy (non-hydrogen) atoms. The summed E-state index contributed by atoms with van der Waals surface area (Å²) in [5.74, 6) is 0.736. The van der Waals surface area contributed by atoms with E-state index >= 15 is 0 Å². The first-order valence-electron chi connectivity index (χ1n) is 2.29. The Bertz CT molecular complexity index is 124. The monoisotopic (exact) mass is 161 g/mol. The lowest BCUT2D eigenvalue weighted by atomic mass is 10.8. The van der Waals surface area contributed by atoms with Gasteiger partial charge in [0.1, 0.15) is 4.32 Å². The van der Waals surface area contributed by atoms with Gasteiger partial charge in [0.25, 0.3) is 0 Å². The average molecular weight is 161 g/mol. The molecule has 0 aromatic carbocycles. The third-order valence-corrected chi connectivity index (χ3v) is 1.76. The standard InChI is InChI=1S/C5H7NOS2/c1-2-3-9-5(8)6-4-7/h2,4H,1,3H2,(H,6,7,8). The van der Waals surface area contributed by atoms with Gasteiger partial charge in [-0.2, -0.15) is 0 Å². The van der Waals surface area contributed by atoms with Crippen LogP contribution >= 0.6 is 24.0 Å². The zero-order valence-corrected chi connectivity index (χ0v) is 6.43. The Hall–Kier alpha value is -0.350. The van der Waals surface area contributed by atoms with Crippen LogP contribution in [0.15, 0.2) is 12.7 Å². The molecule has 0 bridgehead atoms. The molecule has 0 saturated heterocycles.